The molecule has 0 aliphatic heterocycles. The summed E-state index contributed by atoms with van der Waals surface area (Å²) in [5.41, 5.74) is 0.545. The van der Waals surface area contributed by atoms with Gasteiger partial charge in [-0.15, -0.1) is 0 Å². The number of hydrogen-bond acceptors (Lipinski definition) is 4. The largest absolute Gasteiger partial charge is 0.318 e. The van der Waals surface area contributed by atoms with Crippen molar-refractivity contribution in [3.05, 3.63) is 107 Å². The minimum absolute atomic E-state index is 0.00964. The molecule has 0 aliphatic carbocycles. The van der Waals surface area contributed by atoms with Crippen molar-refractivity contribution < 1.29 is 22.0 Å². The highest BCUT2D eigenvalue weighted by atomic mass is 32.2. The highest BCUT2D eigenvalue weighted by Crippen LogP contribution is 2.24. The molecular weight excluding hydrogens is 490 g/mol. The maximum absolute atomic E-state index is 13.5. The molecule has 0 unspecified atom stereocenters. The van der Waals surface area contributed by atoms with Gasteiger partial charge in [0, 0.05) is 7.05 Å². The molecular formula is C25H22F2N4O4S. The molecule has 4 rings (SSSR count). The Morgan fingerprint density at radius 1 is 0.917 bits per heavy atom. The molecule has 0 radical (unpaired) electrons. The van der Waals surface area contributed by atoms with Crippen molar-refractivity contribution in [2.75, 3.05) is 16.2 Å². The highest BCUT2D eigenvalue weighted by Gasteiger charge is 2.28. The predicted molar refractivity (Wildman–Crippen MR) is 132 cm³/mol. The molecule has 1 aromatic heterocycles. The van der Waals surface area contributed by atoms with Crippen LogP contribution < -0.4 is 15.2 Å². The molecule has 1 amide bonds. The van der Waals surface area contributed by atoms with Gasteiger partial charge in [-0.2, -0.15) is 0 Å². The van der Waals surface area contributed by atoms with Crippen LogP contribution in [0.15, 0.2) is 88.6 Å². The Bertz CT molecular complexity index is 1560. The fraction of sp³-hybridized carbons (Fsp3) is 0.120. The number of nitrogens with one attached hydrogen (secondary N) is 1. The van der Waals surface area contributed by atoms with Crippen molar-refractivity contribution in [3.63, 3.8) is 0 Å². The van der Waals surface area contributed by atoms with E-state index >= 15 is 0 Å². The zero-order chi connectivity index (χ0) is 26.0. The summed E-state index contributed by atoms with van der Waals surface area (Å²) in [6.07, 6.45) is 0. The number of nitrogens with zero attached hydrogens (tertiary/aromatic N) is 3. The van der Waals surface area contributed by atoms with Gasteiger partial charge in [-0.1, -0.05) is 18.2 Å². The van der Waals surface area contributed by atoms with Crippen molar-refractivity contribution in [2.24, 2.45) is 7.05 Å². The molecule has 36 heavy (non-hydrogen) atoms. The first-order chi connectivity index (χ1) is 17.1. The third kappa shape index (κ3) is 4.78. The van der Waals surface area contributed by atoms with Gasteiger partial charge < -0.3 is 5.32 Å². The summed E-state index contributed by atoms with van der Waals surface area (Å²) in [6, 6.07) is 17.4. The number of anilines is 2. The zero-order valence-corrected chi connectivity index (χ0v) is 20.2. The molecule has 8 nitrogen and oxygen atoms in total. The third-order valence-corrected chi connectivity index (χ3v) is 7.41. The zero-order valence-electron chi connectivity index (χ0n) is 19.4. The Morgan fingerprint density at radius 2 is 1.47 bits per heavy atom. The van der Waals surface area contributed by atoms with Crippen LogP contribution >= 0.6 is 0 Å². The van der Waals surface area contributed by atoms with Crippen molar-refractivity contribution in [1.82, 2.24) is 9.36 Å². The maximum atomic E-state index is 13.5. The van der Waals surface area contributed by atoms with Crippen LogP contribution in [-0.4, -0.2) is 30.2 Å². The van der Waals surface area contributed by atoms with Crippen LogP contribution in [0.25, 0.3) is 5.69 Å². The number of carbonyl (C=O) groups is 1. The molecule has 11 heteroatoms. The van der Waals surface area contributed by atoms with Gasteiger partial charge in [0.15, 0.2) is 0 Å². The Hall–Kier alpha value is -4.25. The molecule has 0 saturated heterocycles. The van der Waals surface area contributed by atoms with Crippen molar-refractivity contribution in [1.29, 1.82) is 0 Å². The van der Waals surface area contributed by atoms with Gasteiger partial charge in [0.2, 0.25) is 5.91 Å². The summed E-state index contributed by atoms with van der Waals surface area (Å²) in [5.74, 6) is -2.02. The van der Waals surface area contributed by atoms with Gasteiger partial charge in [0.1, 0.15) is 23.9 Å². The SMILES string of the molecule is Cc1c(NC(=O)CN(c2ccc(F)cc2)S(=O)(=O)c2ccc(F)cc2)c(=O)n(-c2ccccc2)n1C. The van der Waals surface area contributed by atoms with Gasteiger partial charge in [0.05, 0.1) is 22.0 Å². The Morgan fingerprint density at radius 3 is 2.06 bits per heavy atom. The average Bonchev–Trinajstić information content (AvgIpc) is 3.07. The van der Waals surface area contributed by atoms with E-state index in [9.17, 15) is 26.8 Å². The molecule has 0 saturated carbocycles. The predicted octanol–water partition coefficient (Wildman–Crippen LogP) is 3.60. The number of carbonyl (C=O) groups excluding carboxylic acids is 1. The first-order valence-corrected chi connectivity index (χ1v) is 12.2. The van der Waals surface area contributed by atoms with E-state index in [1.165, 1.54) is 16.8 Å². The number of hydrogen-bond donors (Lipinski definition) is 1. The van der Waals surface area contributed by atoms with Gasteiger partial charge >= 0.3 is 0 Å². The lowest BCUT2D eigenvalue weighted by Gasteiger charge is -2.24. The summed E-state index contributed by atoms with van der Waals surface area (Å²) in [6.45, 7) is 0.925. The third-order valence-electron chi connectivity index (χ3n) is 5.62. The van der Waals surface area contributed by atoms with Crippen LogP contribution in [0.1, 0.15) is 5.69 Å². The van der Waals surface area contributed by atoms with E-state index in [1.54, 1.807) is 49.0 Å². The quantitative estimate of drug-likeness (QED) is 0.410. The lowest BCUT2D eigenvalue weighted by atomic mass is 10.3. The normalized spacial score (nSPS) is 11.3. The molecule has 3 aromatic carbocycles. The lowest BCUT2D eigenvalue weighted by Crippen LogP contribution is -2.38. The highest BCUT2D eigenvalue weighted by molar-refractivity contribution is 7.92. The van der Waals surface area contributed by atoms with E-state index in [2.05, 4.69) is 5.32 Å². The maximum Gasteiger partial charge on any atom is 0.295 e. The first kappa shape index (κ1) is 24.9. The number of aromatic nitrogens is 2. The molecule has 1 N–H and O–H groups in total. The van der Waals surface area contributed by atoms with Crippen LogP contribution in [0.3, 0.4) is 0 Å². The van der Waals surface area contributed by atoms with Gasteiger partial charge in [-0.25, -0.2) is 21.9 Å². The number of amides is 1. The van der Waals surface area contributed by atoms with Crippen LogP contribution in [0, 0.1) is 18.6 Å². The van der Waals surface area contributed by atoms with Crippen molar-refractivity contribution in [3.8, 4) is 5.69 Å². The second-order valence-corrected chi connectivity index (χ2v) is 9.79. The van der Waals surface area contributed by atoms with Crippen LogP contribution in [0.4, 0.5) is 20.2 Å². The molecule has 0 spiro atoms. The molecule has 0 bridgehead atoms. The fourth-order valence-corrected chi connectivity index (χ4v) is 5.10. The first-order valence-electron chi connectivity index (χ1n) is 10.8. The van der Waals surface area contributed by atoms with Crippen LogP contribution in [-0.2, 0) is 21.9 Å². The average molecular weight is 513 g/mol. The molecule has 0 fully saturated rings. The van der Waals surface area contributed by atoms with Gasteiger partial charge in [-0.3, -0.25) is 18.6 Å². The number of para-hydroxylation sites is 1. The Labute approximate surface area is 206 Å². The molecule has 186 valence electrons. The minimum Gasteiger partial charge on any atom is -0.318 e. The molecule has 4 aromatic rings. The number of benzene rings is 3. The van der Waals surface area contributed by atoms with Crippen LogP contribution in [0.2, 0.25) is 0 Å². The summed E-state index contributed by atoms with van der Waals surface area (Å²) in [7, 11) is -2.69. The van der Waals surface area contributed by atoms with Gasteiger partial charge in [0.25, 0.3) is 15.6 Å². The van der Waals surface area contributed by atoms with E-state index in [1.807, 2.05) is 0 Å². The molecule has 0 aliphatic rings. The second-order valence-electron chi connectivity index (χ2n) is 7.93. The summed E-state index contributed by atoms with van der Waals surface area (Å²) in [4.78, 5) is 25.9. The topological polar surface area (TPSA) is 93.4 Å². The molecule has 0 atom stereocenters. The standard InChI is InChI=1S/C25H22F2N4O4S/c1-17-24(25(33)31(29(17)2)21-6-4-3-5-7-21)28-23(32)16-30(20-12-8-18(26)9-13-20)36(34,35)22-14-10-19(27)11-15-22/h3-15H,16H2,1-2H3,(H,28,32). The Kier molecular flexibility index (Phi) is 6.75. The summed E-state index contributed by atoms with van der Waals surface area (Å²) in [5, 5.41) is 2.52. The van der Waals surface area contributed by atoms with E-state index in [0.717, 1.165) is 40.7 Å². The smallest absolute Gasteiger partial charge is 0.295 e. The molecule has 1 heterocycles. The second kappa shape index (κ2) is 9.78. The fourth-order valence-electron chi connectivity index (χ4n) is 3.68. The van der Waals surface area contributed by atoms with Crippen molar-refractivity contribution >= 4 is 27.3 Å². The van der Waals surface area contributed by atoms with E-state index in [-0.39, 0.29) is 16.3 Å². The van der Waals surface area contributed by atoms with Crippen LogP contribution in [0.5, 0.6) is 0 Å². The lowest BCUT2D eigenvalue weighted by molar-refractivity contribution is -0.114. The number of halogens is 2. The Balaban J connectivity index is 1.69. The van der Waals surface area contributed by atoms with Crippen molar-refractivity contribution in [2.45, 2.75) is 11.8 Å². The summed E-state index contributed by atoms with van der Waals surface area (Å²) >= 11 is 0. The van der Waals surface area contributed by atoms with E-state index < -0.39 is 39.7 Å². The van der Waals surface area contributed by atoms with Gasteiger partial charge in [-0.05, 0) is 67.6 Å². The van der Waals surface area contributed by atoms with E-state index in [0.29, 0.717) is 11.4 Å². The minimum atomic E-state index is -4.34. The number of sulfonamides is 1. The monoisotopic (exact) mass is 512 g/mol. The number of rotatable bonds is 7. The summed E-state index contributed by atoms with van der Waals surface area (Å²) < 4.78 is 57.3. The van der Waals surface area contributed by atoms with E-state index in [4.69, 9.17) is 0 Å².